The third-order valence-corrected chi connectivity index (χ3v) is 4.82. The predicted molar refractivity (Wildman–Crippen MR) is 69.7 cm³/mol. The van der Waals surface area contributed by atoms with Crippen LogP contribution in [0.2, 0.25) is 0 Å². The first-order valence-corrected chi connectivity index (χ1v) is 7.25. The lowest BCUT2D eigenvalue weighted by Gasteiger charge is -2.18. The number of sulfonamides is 1. The van der Waals surface area contributed by atoms with E-state index >= 15 is 0 Å². The van der Waals surface area contributed by atoms with Crippen molar-refractivity contribution in [2.75, 3.05) is 20.2 Å². The molecule has 1 rings (SSSR count). The highest BCUT2D eigenvalue weighted by Gasteiger charge is 2.30. The molecular weight excluding hydrogens is 291 g/mol. The second-order valence-corrected chi connectivity index (χ2v) is 5.71. The van der Waals surface area contributed by atoms with Gasteiger partial charge in [-0.05, 0) is 0 Å². The number of nitro benzene ring substituents is 1. The molecule has 0 unspecified atom stereocenters. The quantitative estimate of drug-likeness (QED) is 0.590. The average Bonchev–Trinajstić information content (AvgIpc) is 2.38. The molecule has 0 radical (unpaired) electrons. The highest BCUT2D eigenvalue weighted by atomic mass is 32.2. The van der Waals surface area contributed by atoms with Crippen molar-refractivity contribution in [1.29, 1.82) is 0 Å². The van der Waals surface area contributed by atoms with Gasteiger partial charge in [0.05, 0.1) is 12.0 Å². The number of benzene rings is 1. The van der Waals surface area contributed by atoms with Gasteiger partial charge in [-0.2, -0.15) is 4.31 Å². The fourth-order valence-electron chi connectivity index (χ4n) is 1.73. The maximum atomic E-state index is 13.9. The van der Waals surface area contributed by atoms with Crippen LogP contribution in [-0.4, -0.2) is 37.8 Å². The molecule has 0 aliphatic carbocycles. The predicted octanol–water partition coefficient (Wildman–Crippen LogP) is 1.77. The van der Waals surface area contributed by atoms with Gasteiger partial charge in [-0.1, -0.05) is 13.8 Å². The molecule has 0 N–H and O–H groups in total. The Kier molecular flexibility index (Phi) is 5.01. The molecule has 0 saturated heterocycles. The van der Waals surface area contributed by atoms with E-state index in [1.54, 1.807) is 13.8 Å². The Morgan fingerprint density at radius 1 is 1.35 bits per heavy atom. The van der Waals surface area contributed by atoms with Crippen LogP contribution in [0.3, 0.4) is 0 Å². The van der Waals surface area contributed by atoms with Gasteiger partial charge in [0.25, 0.3) is 0 Å². The fraction of sp³-hybridized carbons (Fsp3) is 0.455. The minimum atomic E-state index is -4.11. The molecule has 0 heterocycles. The Bertz CT molecular complexity index is 613. The number of methoxy groups -OCH3 is 1. The van der Waals surface area contributed by atoms with Crippen LogP contribution in [0.4, 0.5) is 10.1 Å². The Morgan fingerprint density at radius 2 is 1.90 bits per heavy atom. The lowest BCUT2D eigenvalue weighted by molar-refractivity contribution is -0.386. The largest absolute Gasteiger partial charge is 0.490 e. The topological polar surface area (TPSA) is 89.8 Å². The van der Waals surface area contributed by atoms with Crippen molar-refractivity contribution in [2.24, 2.45) is 0 Å². The van der Waals surface area contributed by atoms with E-state index in [0.717, 1.165) is 11.4 Å². The molecule has 1 aromatic rings. The molecular formula is C11H15FN2O5S. The first-order chi connectivity index (χ1) is 9.29. The van der Waals surface area contributed by atoms with Crippen LogP contribution >= 0.6 is 0 Å². The standard InChI is InChI=1S/C11H15FN2O5S/c1-4-13(5-2)20(17,18)11-7-9(14(15)16)10(19-3)6-8(11)12/h6-7H,4-5H2,1-3H3. The minimum absolute atomic E-state index is 0.137. The second kappa shape index (κ2) is 6.14. The fourth-order valence-corrected chi connectivity index (χ4v) is 3.25. The summed E-state index contributed by atoms with van der Waals surface area (Å²) in [4.78, 5) is 9.33. The molecule has 0 amide bonds. The highest BCUT2D eigenvalue weighted by Crippen LogP contribution is 2.32. The normalized spacial score (nSPS) is 11.7. The minimum Gasteiger partial charge on any atom is -0.490 e. The van der Waals surface area contributed by atoms with Gasteiger partial charge >= 0.3 is 5.69 Å². The van der Waals surface area contributed by atoms with Gasteiger partial charge in [0.2, 0.25) is 10.0 Å². The van der Waals surface area contributed by atoms with Crippen molar-refractivity contribution in [2.45, 2.75) is 18.7 Å². The average molecular weight is 306 g/mol. The van der Waals surface area contributed by atoms with Gasteiger partial charge in [0, 0.05) is 25.2 Å². The molecule has 0 aliphatic heterocycles. The molecule has 0 aromatic heterocycles. The number of hydrogen-bond donors (Lipinski definition) is 0. The molecule has 9 heteroatoms. The third-order valence-electron chi connectivity index (χ3n) is 2.75. The van der Waals surface area contributed by atoms with Gasteiger partial charge in [-0.15, -0.1) is 0 Å². The summed E-state index contributed by atoms with van der Waals surface area (Å²) in [6.45, 7) is 3.46. The van der Waals surface area contributed by atoms with Crippen molar-refractivity contribution >= 4 is 15.7 Å². The van der Waals surface area contributed by atoms with Gasteiger partial charge in [-0.3, -0.25) is 10.1 Å². The number of nitro groups is 1. The molecule has 0 saturated carbocycles. The highest BCUT2D eigenvalue weighted by molar-refractivity contribution is 7.89. The summed E-state index contributed by atoms with van der Waals surface area (Å²) in [7, 11) is -2.98. The molecule has 0 spiro atoms. The smallest absolute Gasteiger partial charge is 0.312 e. The van der Waals surface area contributed by atoms with Crippen LogP contribution in [0, 0.1) is 15.9 Å². The first-order valence-electron chi connectivity index (χ1n) is 5.81. The SMILES string of the molecule is CCN(CC)S(=O)(=O)c1cc([N+](=O)[O-])c(OC)cc1F. The van der Waals surface area contributed by atoms with Gasteiger partial charge < -0.3 is 4.74 Å². The summed E-state index contributed by atoms with van der Waals surface area (Å²) < 4.78 is 44.0. The van der Waals surface area contributed by atoms with E-state index in [1.165, 1.54) is 0 Å². The van der Waals surface area contributed by atoms with E-state index in [2.05, 4.69) is 4.74 Å². The molecule has 0 bridgehead atoms. The van der Waals surface area contributed by atoms with Crippen molar-refractivity contribution in [3.05, 3.63) is 28.1 Å². The maximum absolute atomic E-state index is 13.9. The Balaban J connectivity index is 3.54. The van der Waals surface area contributed by atoms with Crippen molar-refractivity contribution < 1.29 is 22.5 Å². The first kappa shape index (κ1) is 16.3. The summed E-state index contributed by atoms with van der Waals surface area (Å²) in [5.74, 6) is -1.41. The van der Waals surface area contributed by atoms with E-state index in [1.807, 2.05) is 0 Å². The number of ether oxygens (including phenoxy) is 1. The van der Waals surface area contributed by atoms with E-state index in [-0.39, 0.29) is 18.8 Å². The Morgan fingerprint density at radius 3 is 2.30 bits per heavy atom. The van der Waals surface area contributed by atoms with Crippen molar-refractivity contribution in [1.82, 2.24) is 4.31 Å². The van der Waals surface area contributed by atoms with Crippen LogP contribution in [0.25, 0.3) is 0 Å². The molecule has 0 atom stereocenters. The van der Waals surface area contributed by atoms with Crippen LogP contribution in [-0.2, 0) is 10.0 Å². The lowest BCUT2D eigenvalue weighted by Crippen LogP contribution is -2.31. The van der Waals surface area contributed by atoms with E-state index in [4.69, 9.17) is 0 Å². The summed E-state index contributed by atoms with van der Waals surface area (Å²) in [6, 6.07) is 1.39. The van der Waals surface area contributed by atoms with Crippen LogP contribution in [0.5, 0.6) is 5.75 Å². The monoisotopic (exact) mass is 306 g/mol. The number of nitrogens with zero attached hydrogens (tertiary/aromatic N) is 2. The second-order valence-electron chi connectivity index (χ2n) is 3.80. The molecule has 1 aromatic carbocycles. The Labute approximate surface area is 116 Å². The number of hydrogen-bond acceptors (Lipinski definition) is 5. The van der Waals surface area contributed by atoms with E-state index < -0.39 is 31.3 Å². The molecule has 0 aliphatic rings. The zero-order valence-corrected chi connectivity index (χ0v) is 12.1. The van der Waals surface area contributed by atoms with Crippen molar-refractivity contribution in [3.8, 4) is 5.75 Å². The van der Waals surface area contributed by atoms with Crippen LogP contribution in [0.15, 0.2) is 17.0 Å². The molecule has 0 fully saturated rings. The van der Waals surface area contributed by atoms with Crippen LogP contribution in [0.1, 0.15) is 13.8 Å². The number of rotatable bonds is 6. The molecule has 7 nitrogen and oxygen atoms in total. The van der Waals surface area contributed by atoms with Crippen LogP contribution < -0.4 is 4.74 Å². The molecule has 20 heavy (non-hydrogen) atoms. The van der Waals surface area contributed by atoms with E-state index in [0.29, 0.717) is 12.1 Å². The number of halogens is 1. The Hall–Kier alpha value is -1.74. The van der Waals surface area contributed by atoms with Gasteiger partial charge in [-0.25, -0.2) is 12.8 Å². The third kappa shape index (κ3) is 2.88. The van der Waals surface area contributed by atoms with Gasteiger partial charge in [0.15, 0.2) is 5.75 Å². The summed E-state index contributed by atoms with van der Waals surface area (Å²) in [5, 5.41) is 10.9. The summed E-state index contributed by atoms with van der Waals surface area (Å²) >= 11 is 0. The lowest BCUT2D eigenvalue weighted by atomic mass is 10.3. The molecule has 112 valence electrons. The van der Waals surface area contributed by atoms with Gasteiger partial charge in [0.1, 0.15) is 10.7 Å². The zero-order valence-electron chi connectivity index (χ0n) is 11.3. The zero-order chi connectivity index (χ0) is 15.5. The van der Waals surface area contributed by atoms with E-state index in [9.17, 15) is 22.9 Å². The summed E-state index contributed by atoms with van der Waals surface area (Å²) in [6.07, 6.45) is 0. The maximum Gasteiger partial charge on any atom is 0.312 e. The summed E-state index contributed by atoms with van der Waals surface area (Å²) in [5.41, 5.74) is -0.598. The van der Waals surface area contributed by atoms with Crippen molar-refractivity contribution in [3.63, 3.8) is 0 Å².